The monoisotopic (exact) mass is 539 g/mol. The number of nitrogens with zero attached hydrogens (tertiary/aromatic N) is 2. The summed E-state index contributed by atoms with van der Waals surface area (Å²) in [6, 6.07) is 24.3. The second kappa shape index (κ2) is 13.3. The Labute approximate surface area is 235 Å². The van der Waals surface area contributed by atoms with Gasteiger partial charge in [-0.25, -0.2) is 4.79 Å². The van der Waals surface area contributed by atoms with Crippen molar-refractivity contribution in [2.45, 2.75) is 52.7 Å². The SMILES string of the molecule is CCCCc1c(-c2ccccc2)nc(=O)[nH]c1CN(Cc1cccc(OCC)c1)Cc1ccc2c(c1)OCCO2. The van der Waals surface area contributed by atoms with Gasteiger partial charge in [-0.3, -0.25) is 4.90 Å². The first-order chi connectivity index (χ1) is 19.6. The summed E-state index contributed by atoms with van der Waals surface area (Å²) in [4.78, 5) is 22.7. The smallest absolute Gasteiger partial charge is 0.345 e. The molecule has 40 heavy (non-hydrogen) atoms. The quantitative estimate of drug-likeness (QED) is 0.233. The third kappa shape index (κ3) is 6.90. The van der Waals surface area contributed by atoms with Crippen molar-refractivity contribution in [1.82, 2.24) is 14.9 Å². The van der Waals surface area contributed by atoms with E-state index in [1.807, 2.05) is 55.5 Å². The highest BCUT2D eigenvalue weighted by atomic mass is 16.6. The van der Waals surface area contributed by atoms with E-state index < -0.39 is 0 Å². The van der Waals surface area contributed by atoms with Crippen molar-refractivity contribution in [3.8, 4) is 28.5 Å². The highest BCUT2D eigenvalue weighted by molar-refractivity contribution is 5.63. The number of ether oxygens (including phenoxy) is 3. The van der Waals surface area contributed by atoms with E-state index in [1.54, 1.807) is 0 Å². The highest BCUT2D eigenvalue weighted by Crippen LogP contribution is 2.32. The Bertz CT molecular complexity index is 1470. The maximum absolute atomic E-state index is 12.9. The number of nitrogens with one attached hydrogen (secondary N) is 1. The molecular weight excluding hydrogens is 502 g/mol. The molecule has 7 heteroatoms. The van der Waals surface area contributed by atoms with Crippen molar-refractivity contribution >= 4 is 0 Å². The van der Waals surface area contributed by atoms with E-state index in [9.17, 15) is 4.79 Å². The van der Waals surface area contributed by atoms with Gasteiger partial charge in [0.15, 0.2) is 11.5 Å². The molecule has 1 aliphatic rings. The molecule has 2 heterocycles. The molecule has 5 rings (SSSR count). The number of hydrogen-bond donors (Lipinski definition) is 1. The third-order valence-electron chi connectivity index (χ3n) is 6.96. The van der Waals surface area contributed by atoms with Crippen molar-refractivity contribution < 1.29 is 14.2 Å². The first-order valence-electron chi connectivity index (χ1n) is 14.1. The minimum atomic E-state index is -0.327. The Kier molecular flexibility index (Phi) is 9.14. The zero-order valence-electron chi connectivity index (χ0n) is 23.3. The fraction of sp³-hybridized carbons (Fsp3) is 0.333. The van der Waals surface area contributed by atoms with Gasteiger partial charge in [0.2, 0.25) is 0 Å². The van der Waals surface area contributed by atoms with Gasteiger partial charge in [0, 0.05) is 30.9 Å². The first kappa shape index (κ1) is 27.5. The van der Waals surface area contributed by atoms with Crippen LogP contribution in [-0.2, 0) is 26.1 Å². The number of unbranched alkanes of at least 4 members (excludes halogenated alkanes) is 1. The van der Waals surface area contributed by atoms with Crippen LogP contribution in [0, 0.1) is 0 Å². The average molecular weight is 540 g/mol. The lowest BCUT2D eigenvalue weighted by Crippen LogP contribution is -2.27. The topological polar surface area (TPSA) is 76.7 Å². The minimum Gasteiger partial charge on any atom is -0.494 e. The number of rotatable bonds is 12. The van der Waals surface area contributed by atoms with Crippen LogP contribution in [0.1, 0.15) is 49.1 Å². The van der Waals surface area contributed by atoms with E-state index >= 15 is 0 Å². The number of fused-ring (bicyclic) bond motifs is 1. The van der Waals surface area contributed by atoms with Crippen LogP contribution in [0.25, 0.3) is 11.3 Å². The Morgan fingerprint density at radius 1 is 0.875 bits per heavy atom. The van der Waals surface area contributed by atoms with Crippen LogP contribution in [0.4, 0.5) is 0 Å². The molecule has 1 aliphatic heterocycles. The molecule has 0 unspecified atom stereocenters. The van der Waals surface area contributed by atoms with Crippen molar-refractivity contribution in [2.75, 3.05) is 19.8 Å². The fourth-order valence-electron chi connectivity index (χ4n) is 5.13. The molecule has 1 aromatic heterocycles. The number of benzene rings is 3. The Hall–Kier alpha value is -4.10. The summed E-state index contributed by atoms with van der Waals surface area (Å²) in [7, 11) is 0. The van der Waals surface area contributed by atoms with Gasteiger partial charge in [-0.05, 0) is 60.7 Å². The van der Waals surface area contributed by atoms with E-state index in [-0.39, 0.29) is 5.69 Å². The number of H-pyrrole nitrogens is 1. The molecular formula is C33H37N3O4. The maximum atomic E-state index is 12.9. The van der Waals surface area contributed by atoms with E-state index in [0.717, 1.165) is 70.2 Å². The van der Waals surface area contributed by atoms with Gasteiger partial charge in [-0.1, -0.05) is 61.9 Å². The molecule has 0 fully saturated rings. The van der Waals surface area contributed by atoms with E-state index in [0.29, 0.717) is 39.5 Å². The molecule has 0 radical (unpaired) electrons. The molecule has 4 aromatic rings. The van der Waals surface area contributed by atoms with Crippen LogP contribution in [0.3, 0.4) is 0 Å². The van der Waals surface area contributed by atoms with Crippen LogP contribution in [-0.4, -0.2) is 34.7 Å². The summed E-state index contributed by atoms with van der Waals surface area (Å²) in [6.07, 6.45) is 2.91. The molecule has 0 bridgehead atoms. The van der Waals surface area contributed by atoms with E-state index in [1.165, 1.54) is 0 Å². The molecule has 7 nitrogen and oxygen atoms in total. The molecule has 0 saturated heterocycles. The van der Waals surface area contributed by atoms with Crippen LogP contribution in [0.15, 0.2) is 77.6 Å². The summed E-state index contributed by atoms with van der Waals surface area (Å²) >= 11 is 0. The van der Waals surface area contributed by atoms with Crippen molar-refractivity contribution in [3.63, 3.8) is 0 Å². The lowest BCUT2D eigenvalue weighted by Gasteiger charge is -2.26. The number of hydrogen-bond acceptors (Lipinski definition) is 6. The third-order valence-corrected chi connectivity index (χ3v) is 6.96. The van der Waals surface area contributed by atoms with E-state index in [4.69, 9.17) is 14.2 Å². The van der Waals surface area contributed by atoms with Gasteiger partial charge < -0.3 is 19.2 Å². The number of aromatic nitrogens is 2. The molecule has 0 amide bonds. The first-order valence-corrected chi connectivity index (χ1v) is 14.1. The summed E-state index contributed by atoms with van der Waals surface area (Å²) in [6.45, 7) is 7.79. The van der Waals surface area contributed by atoms with E-state index in [2.05, 4.69) is 46.1 Å². The maximum Gasteiger partial charge on any atom is 0.345 e. The predicted octanol–water partition coefficient (Wildman–Crippen LogP) is 6.15. The normalized spacial score (nSPS) is 12.5. The summed E-state index contributed by atoms with van der Waals surface area (Å²) in [5.41, 5.74) is 5.66. The highest BCUT2D eigenvalue weighted by Gasteiger charge is 2.19. The van der Waals surface area contributed by atoms with Crippen molar-refractivity contribution in [3.05, 3.63) is 106 Å². The lowest BCUT2D eigenvalue weighted by atomic mass is 9.99. The van der Waals surface area contributed by atoms with Gasteiger partial charge in [0.1, 0.15) is 19.0 Å². The molecule has 0 atom stereocenters. The Balaban J connectivity index is 1.51. The average Bonchev–Trinajstić information content (AvgIpc) is 2.97. The van der Waals surface area contributed by atoms with Crippen LogP contribution < -0.4 is 19.9 Å². The summed E-state index contributed by atoms with van der Waals surface area (Å²) < 4.78 is 17.4. The Morgan fingerprint density at radius 3 is 2.42 bits per heavy atom. The number of aromatic amines is 1. The Morgan fingerprint density at radius 2 is 1.65 bits per heavy atom. The van der Waals surface area contributed by atoms with Crippen molar-refractivity contribution in [2.24, 2.45) is 0 Å². The molecule has 0 saturated carbocycles. The van der Waals surface area contributed by atoms with Gasteiger partial charge >= 0.3 is 5.69 Å². The zero-order valence-corrected chi connectivity index (χ0v) is 23.3. The summed E-state index contributed by atoms with van der Waals surface area (Å²) in [5.74, 6) is 2.40. The zero-order chi connectivity index (χ0) is 27.7. The van der Waals surface area contributed by atoms with Crippen LogP contribution >= 0.6 is 0 Å². The predicted molar refractivity (Wildman–Crippen MR) is 157 cm³/mol. The molecule has 0 aliphatic carbocycles. The minimum absolute atomic E-state index is 0.327. The molecule has 0 spiro atoms. The van der Waals surface area contributed by atoms with Gasteiger partial charge in [-0.15, -0.1) is 0 Å². The van der Waals surface area contributed by atoms with Crippen LogP contribution in [0.5, 0.6) is 17.2 Å². The van der Waals surface area contributed by atoms with Crippen LogP contribution in [0.2, 0.25) is 0 Å². The lowest BCUT2D eigenvalue weighted by molar-refractivity contribution is 0.171. The second-order valence-corrected chi connectivity index (χ2v) is 10.0. The summed E-state index contributed by atoms with van der Waals surface area (Å²) in [5, 5.41) is 0. The molecule has 208 valence electrons. The largest absolute Gasteiger partial charge is 0.494 e. The standard InChI is InChI=1S/C33H37N3O4/c1-3-5-14-28-29(34-33(37)35-32(28)26-11-7-6-8-12-26)23-36(21-24-10-9-13-27(19-24)38-4-2)22-25-15-16-30-31(20-25)40-18-17-39-30/h6-13,15-16,19-20H,3-5,14,17-18,21-23H2,1-2H3,(H,34,35,37). The van der Waals surface area contributed by atoms with Gasteiger partial charge in [0.05, 0.1) is 12.3 Å². The van der Waals surface area contributed by atoms with Gasteiger partial charge in [-0.2, -0.15) is 4.98 Å². The molecule has 3 aromatic carbocycles. The molecule has 1 N–H and O–H groups in total. The second-order valence-electron chi connectivity index (χ2n) is 10.0. The van der Waals surface area contributed by atoms with Crippen molar-refractivity contribution in [1.29, 1.82) is 0 Å². The fourth-order valence-corrected chi connectivity index (χ4v) is 5.13. The van der Waals surface area contributed by atoms with Gasteiger partial charge in [0.25, 0.3) is 0 Å².